The van der Waals surface area contributed by atoms with Crippen molar-refractivity contribution in [3.8, 4) is 11.8 Å². The highest BCUT2D eigenvalue weighted by atomic mass is 19.1. The Labute approximate surface area is 219 Å². The highest BCUT2D eigenvalue weighted by Gasteiger charge is 2.28. The zero-order chi connectivity index (χ0) is 26.6. The Kier molecular flexibility index (Phi) is 7.22. The predicted molar refractivity (Wildman–Crippen MR) is 139 cm³/mol. The minimum atomic E-state index is -0.591. The number of nitrogens with zero attached hydrogens (tertiary/aromatic N) is 6. The molecule has 0 unspecified atom stereocenters. The summed E-state index contributed by atoms with van der Waals surface area (Å²) in [6, 6.07) is 9.83. The van der Waals surface area contributed by atoms with E-state index in [-0.39, 0.29) is 23.1 Å². The van der Waals surface area contributed by atoms with E-state index in [4.69, 9.17) is 10.00 Å². The Morgan fingerprint density at radius 3 is 2.74 bits per heavy atom. The van der Waals surface area contributed by atoms with Crippen LogP contribution in [0.15, 0.2) is 47.5 Å². The Balaban J connectivity index is 1.22. The number of piperazine rings is 1. The fourth-order valence-electron chi connectivity index (χ4n) is 4.96. The highest BCUT2D eigenvalue weighted by molar-refractivity contribution is 5.95. The van der Waals surface area contributed by atoms with E-state index in [1.165, 1.54) is 24.4 Å². The lowest BCUT2D eigenvalue weighted by Gasteiger charge is -2.35. The standard InChI is InChI=1S/C27H28FN7O3/c1-18-24(16-31-32-26(18)36)35-8-2-3-20(35)17-38-21-5-6-23(28)22(13-21)27(37)34-11-9-33(10-12-34)25-7-4-19(14-29)15-30-25/h4-7,13,15-16,20H,2-3,8-12,17H2,1H3,(H,32,36)/t20-/m0/s1. The fourth-order valence-corrected chi connectivity index (χ4v) is 4.96. The number of hydrogen-bond donors (Lipinski definition) is 1. The van der Waals surface area contributed by atoms with Gasteiger partial charge in [-0.2, -0.15) is 10.4 Å². The minimum absolute atomic E-state index is 0.0228. The second-order valence-corrected chi connectivity index (χ2v) is 9.45. The Morgan fingerprint density at radius 1 is 1.18 bits per heavy atom. The number of H-pyrrole nitrogens is 1. The van der Waals surface area contributed by atoms with Crippen molar-refractivity contribution < 1.29 is 13.9 Å². The highest BCUT2D eigenvalue weighted by Crippen LogP contribution is 2.27. The molecule has 38 heavy (non-hydrogen) atoms. The van der Waals surface area contributed by atoms with Gasteiger partial charge in [0.1, 0.15) is 30.1 Å². The van der Waals surface area contributed by atoms with Crippen LogP contribution in [-0.2, 0) is 0 Å². The van der Waals surface area contributed by atoms with Crippen LogP contribution in [0, 0.1) is 24.1 Å². The third-order valence-corrected chi connectivity index (χ3v) is 7.14. The first-order chi connectivity index (χ1) is 18.4. The normalized spacial score (nSPS) is 17.4. The Morgan fingerprint density at radius 2 is 2.00 bits per heavy atom. The van der Waals surface area contributed by atoms with E-state index in [9.17, 15) is 14.0 Å². The van der Waals surface area contributed by atoms with Crippen LogP contribution in [0.4, 0.5) is 15.9 Å². The van der Waals surface area contributed by atoms with Gasteiger partial charge in [-0.05, 0) is 50.1 Å². The third-order valence-electron chi connectivity index (χ3n) is 7.14. The molecule has 3 aromatic rings. The van der Waals surface area contributed by atoms with Gasteiger partial charge in [-0.25, -0.2) is 14.5 Å². The van der Waals surface area contributed by atoms with Gasteiger partial charge < -0.3 is 19.4 Å². The number of carbonyl (C=O) groups excluding carboxylic acids is 1. The van der Waals surface area contributed by atoms with E-state index < -0.39 is 5.82 Å². The monoisotopic (exact) mass is 517 g/mol. The molecule has 1 atom stereocenters. The molecule has 2 aliphatic rings. The molecule has 0 bridgehead atoms. The number of ether oxygens (including phenoxy) is 1. The molecule has 4 heterocycles. The summed E-state index contributed by atoms with van der Waals surface area (Å²) in [5, 5.41) is 15.3. The van der Waals surface area contributed by atoms with Crippen molar-refractivity contribution in [3.63, 3.8) is 0 Å². The number of carbonyl (C=O) groups is 1. The summed E-state index contributed by atoms with van der Waals surface area (Å²) in [6.07, 6.45) is 5.02. The fraction of sp³-hybridized carbons (Fsp3) is 0.370. The van der Waals surface area contributed by atoms with Crippen molar-refractivity contribution in [2.45, 2.75) is 25.8 Å². The topological polar surface area (TPSA) is 118 Å². The van der Waals surface area contributed by atoms with Gasteiger partial charge in [0.2, 0.25) is 0 Å². The number of aromatic nitrogens is 3. The molecule has 0 aliphatic carbocycles. The first-order valence-electron chi connectivity index (χ1n) is 12.6. The quantitative estimate of drug-likeness (QED) is 0.530. The van der Waals surface area contributed by atoms with Crippen molar-refractivity contribution >= 4 is 17.4 Å². The zero-order valence-electron chi connectivity index (χ0n) is 21.1. The summed E-state index contributed by atoms with van der Waals surface area (Å²) in [4.78, 5) is 35.3. The first kappa shape index (κ1) is 25.2. The molecule has 1 N–H and O–H groups in total. The van der Waals surface area contributed by atoms with E-state index in [0.717, 1.165) is 30.9 Å². The molecule has 11 heteroatoms. The van der Waals surface area contributed by atoms with Crippen molar-refractivity contribution in [2.24, 2.45) is 0 Å². The van der Waals surface area contributed by atoms with Gasteiger partial charge in [0.05, 0.1) is 29.1 Å². The van der Waals surface area contributed by atoms with Gasteiger partial charge in [0.15, 0.2) is 0 Å². The van der Waals surface area contributed by atoms with Crippen LogP contribution in [0.25, 0.3) is 0 Å². The summed E-state index contributed by atoms with van der Waals surface area (Å²) in [5.74, 6) is 0.187. The molecule has 2 aliphatic heterocycles. The number of halogens is 1. The van der Waals surface area contributed by atoms with Crippen LogP contribution in [0.1, 0.15) is 34.3 Å². The number of pyridine rings is 1. The molecule has 2 saturated heterocycles. The lowest BCUT2D eigenvalue weighted by molar-refractivity contribution is 0.0741. The van der Waals surface area contributed by atoms with Crippen LogP contribution in [0.5, 0.6) is 5.75 Å². The van der Waals surface area contributed by atoms with Crippen molar-refractivity contribution in [1.29, 1.82) is 5.26 Å². The number of hydrogen-bond acceptors (Lipinski definition) is 8. The second kappa shape index (κ2) is 10.9. The zero-order valence-corrected chi connectivity index (χ0v) is 21.1. The van der Waals surface area contributed by atoms with E-state index in [0.29, 0.717) is 49.7 Å². The predicted octanol–water partition coefficient (Wildman–Crippen LogP) is 2.49. The summed E-state index contributed by atoms with van der Waals surface area (Å²) < 4.78 is 20.7. The number of aromatic amines is 1. The van der Waals surface area contributed by atoms with Crippen molar-refractivity contribution in [2.75, 3.05) is 49.1 Å². The molecule has 5 rings (SSSR count). The molecule has 0 spiro atoms. The SMILES string of the molecule is Cc1c(N2CCC[C@H]2COc2ccc(F)c(C(=O)N3CCN(c4ccc(C#N)cn4)CC3)c2)cn[nH]c1=O. The van der Waals surface area contributed by atoms with Crippen LogP contribution in [0.2, 0.25) is 0 Å². The molecule has 2 aromatic heterocycles. The van der Waals surface area contributed by atoms with E-state index in [2.05, 4.69) is 20.1 Å². The molecular formula is C27H28FN7O3. The molecule has 10 nitrogen and oxygen atoms in total. The molecule has 196 valence electrons. The van der Waals surface area contributed by atoms with Crippen LogP contribution < -0.4 is 20.1 Å². The van der Waals surface area contributed by atoms with Gasteiger partial charge in [-0.3, -0.25) is 9.59 Å². The Bertz CT molecular complexity index is 1410. The first-order valence-corrected chi connectivity index (χ1v) is 12.6. The van der Waals surface area contributed by atoms with E-state index in [1.807, 2.05) is 11.0 Å². The van der Waals surface area contributed by atoms with Gasteiger partial charge >= 0.3 is 0 Å². The van der Waals surface area contributed by atoms with Gasteiger partial charge in [0.25, 0.3) is 11.5 Å². The summed E-state index contributed by atoms with van der Waals surface area (Å²) in [7, 11) is 0. The maximum Gasteiger partial charge on any atom is 0.269 e. The minimum Gasteiger partial charge on any atom is -0.491 e. The third kappa shape index (κ3) is 5.16. The van der Waals surface area contributed by atoms with Gasteiger partial charge in [-0.1, -0.05) is 0 Å². The smallest absolute Gasteiger partial charge is 0.269 e. The van der Waals surface area contributed by atoms with Crippen LogP contribution >= 0.6 is 0 Å². The molecule has 2 fully saturated rings. The number of anilines is 2. The summed E-state index contributed by atoms with van der Waals surface area (Å²) in [5.41, 5.74) is 1.64. The molecular weight excluding hydrogens is 489 g/mol. The van der Waals surface area contributed by atoms with Crippen LogP contribution in [0.3, 0.4) is 0 Å². The molecule has 1 aromatic carbocycles. The average molecular weight is 518 g/mol. The average Bonchev–Trinajstić information content (AvgIpc) is 3.42. The van der Waals surface area contributed by atoms with Gasteiger partial charge in [0, 0.05) is 44.5 Å². The molecule has 0 radical (unpaired) electrons. The molecule has 1 amide bonds. The maximum absolute atomic E-state index is 14.7. The lowest BCUT2D eigenvalue weighted by atomic mass is 10.1. The summed E-state index contributed by atoms with van der Waals surface area (Å²) in [6.45, 7) is 4.84. The number of nitrogens with one attached hydrogen (secondary N) is 1. The largest absolute Gasteiger partial charge is 0.491 e. The summed E-state index contributed by atoms with van der Waals surface area (Å²) >= 11 is 0. The van der Waals surface area contributed by atoms with Crippen LogP contribution in [-0.4, -0.2) is 71.4 Å². The van der Waals surface area contributed by atoms with Gasteiger partial charge in [-0.15, -0.1) is 0 Å². The number of nitriles is 1. The molecule has 0 saturated carbocycles. The number of amides is 1. The van der Waals surface area contributed by atoms with Crippen molar-refractivity contribution in [1.82, 2.24) is 20.1 Å². The van der Waals surface area contributed by atoms with E-state index >= 15 is 0 Å². The van der Waals surface area contributed by atoms with Crippen molar-refractivity contribution in [3.05, 3.63) is 75.6 Å². The van der Waals surface area contributed by atoms with E-state index in [1.54, 1.807) is 30.2 Å². The second-order valence-electron chi connectivity index (χ2n) is 9.45. The number of rotatable bonds is 6. The lowest BCUT2D eigenvalue weighted by Crippen LogP contribution is -2.49. The number of benzene rings is 1. The maximum atomic E-state index is 14.7. The Hall–Kier alpha value is -4.46.